The van der Waals surface area contributed by atoms with Crippen molar-refractivity contribution in [3.63, 3.8) is 0 Å². The van der Waals surface area contributed by atoms with Gasteiger partial charge in [0.2, 0.25) is 0 Å². The van der Waals surface area contributed by atoms with E-state index in [1.54, 1.807) is 0 Å². The third-order valence-corrected chi connectivity index (χ3v) is 5.96. The van der Waals surface area contributed by atoms with Crippen LogP contribution in [0.25, 0.3) is 0 Å². The number of hydrogen-bond acceptors (Lipinski definition) is 2. The van der Waals surface area contributed by atoms with Crippen LogP contribution in [0, 0.1) is 5.92 Å². The van der Waals surface area contributed by atoms with Crippen LogP contribution in [0.5, 0.6) is 0 Å². The maximum absolute atomic E-state index is 10.1. The quantitative estimate of drug-likeness (QED) is 0.175. The van der Waals surface area contributed by atoms with Crippen molar-refractivity contribution < 1.29 is 9.90 Å². The van der Waals surface area contributed by atoms with Gasteiger partial charge in [-0.1, -0.05) is 52.9 Å². The van der Waals surface area contributed by atoms with Gasteiger partial charge in [0, 0.05) is 0 Å². The van der Waals surface area contributed by atoms with Crippen LogP contribution in [-0.4, -0.2) is 45.0 Å². The van der Waals surface area contributed by atoms with E-state index >= 15 is 0 Å². The molecule has 3 N–H and O–H groups in total. The van der Waals surface area contributed by atoms with Gasteiger partial charge in [0.25, 0.3) is 0 Å². The summed E-state index contributed by atoms with van der Waals surface area (Å²) >= 11 is 1.41. The van der Waals surface area contributed by atoms with E-state index in [0.29, 0.717) is 12.3 Å². The van der Waals surface area contributed by atoms with Crippen molar-refractivity contribution in [1.29, 1.82) is 0 Å². The number of rotatable bonds is 19. The van der Waals surface area contributed by atoms with Crippen LogP contribution in [0.15, 0.2) is 0 Å². The van der Waals surface area contributed by atoms with Crippen molar-refractivity contribution in [2.45, 2.75) is 140 Å². The summed E-state index contributed by atoms with van der Waals surface area (Å²) in [6.45, 7) is 6.19. The normalized spacial score (nSPS) is 12.0. The Morgan fingerprint density at radius 1 is 0.750 bits per heavy atom. The van der Waals surface area contributed by atoms with Gasteiger partial charge in [0.05, 0.1) is 0 Å². The topological polar surface area (TPSA) is 63.3 Å². The maximum atomic E-state index is 10.1. The van der Waals surface area contributed by atoms with Crippen molar-refractivity contribution in [3.8, 4) is 0 Å². The Morgan fingerprint density at radius 3 is 1.29 bits per heavy atom. The zero-order valence-corrected chi connectivity index (χ0v) is 21.8. The summed E-state index contributed by atoms with van der Waals surface area (Å²) in [5.74, 6) is -0.556. The summed E-state index contributed by atoms with van der Waals surface area (Å²) in [4.78, 5) is 10.1. The van der Waals surface area contributed by atoms with Gasteiger partial charge >= 0.3 is 108 Å². The number of carboxylic acid groups (broad SMARTS) is 1. The molecule has 0 radical (unpaired) electrons. The van der Waals surface area contributed by atoms with E-state index in [-0.39, 0.29) is 0 Å². The van der Waals surface area contributed by atoms with Gasteiger partial charge in [0.1, 0.15) is 6.04 Å². The molecule has 4 heteroatoms. The molecule has 0 aliphatic heterocycles. The third-order valence-electron chi connectivity index (χ3n) is 5.25. The van der Waals surface area contributed by atoms with Gasteiger partial charge in [-0.05, 0) is 12.3 Å². The molecule has 1 unspecified atom stereocenters. The molecule has 0 fully saturated rings. The molecule has 0 aromatic carbocycles. The van der Waals surface area contributed by atoms with Gasteiger partial charge < -0.3 is 10.8 Å². The average Bonchev–Trinajstić information content (AvgIpc) is 2.65. The summed E-state index contributed by atoms with van der Waals surface area (Å²) in [6.07, 6.45) is 24.3. The van der Waals surface area contributed by atoms with E-state index in [9.17, 15) is 4.79 Å². The van der Waals surface area contributed by atoms with Gasteiger partial charge in [-0.15, -0.1) is 0 Å². The van der Waals surface area contributed by atoms with E-state index in [1.165, 1.54) is 134 Å². The van der Waals surface area contributed by atoms with Crippen LogP contribution in [0.2, 0.25) is 3.67 Å². The van der Waals surface area contributed by atoms with Gasteiger partial charge in [-0.2, -0.15) is 0 Å². The molecule has 164 valence electrons. The van der Waals surface area contributed by atoms with Crippen LogP contribution in [-0.2, 0) is 4.79 Å². The van der Waals surface area contributed by atoms with Crippen molar-refractivity contribution >= 4 is 33.9 Å². The van der Waals surface area contributed by atoms with Crippen molar-refractivity contribution in [3.05, 3.63) is 0 Å². The molecule has 0 saturated carbocycles. The van der Waals surface area contributed by atoms with Crippen molar-refractivity contribution in [1.82, 2.24) is 0 Å². The standard InChI is InChI=1S/C18H37.C6H13NO2.Na/c1-3-5-7-9-11-13-15-17-18-16-14-12-10-8-6-4-2;1-4(2)3-5(7)6(8)9;/h1,3-18H2,2H3;4-5H,3,7H2,1-2H3,(H,8,9);. The first kappa shape index (κ1) is 30.6. The van der Waals surface area contributed by atoms with E-state index < -0.39 is 12.0 Å². The second-order valence-corrected chi connectivity index (χ2v) is 9.88. The molecule has 0 rings (SSSR count). The first-order valence-corrected chi connectivity index (χ1v) is 13.8. The first-order chi connectivity index (χ1) is 13.5. The van der Waals surface area contributed by atoms with Crippen LogP contribution in [0.3, 0.4) is 0 Å². The van der Waals surface area contributed by atoms with Gasteiger partial charge in [0.15, 0.2) is 0 Å². The number of aliphatic carboxylic acids is 1. The van der Waals surface area contributed by atoms with Crippen molar-refractivity contribution in [2.75, 3.05) is 0 Å². The second kappa shape index (κ2) is 25.5. The predicted octanol–water partition coefficient (Wildman–Crippen LogP) is 7.28. The molecular formula is C24H50NNaO2. The molecule has 0 heterocycles. The molecule has 0 spiro atoms. The summed E-state index contributed by atoms with van der Waals surface area (Å²) in [5, 5.41) is 8.31. The fourth-order valence-corrected chi connectivity index (χ4v) is 3.91. The van der Waals surface area contributed by atoms with E-state index in [4.69, 9.17) is 10.8 Å². The third kappa shape index (κ3) is 28.6. The van der Waals surface area contributed by atoms with Crippen LogP contribution in [0.4, 0.5) is 0 Å². The van der Waals surface area contributed by atoms with Crippen LogP contribution >= 0.6 is 0 Å². The number of hydrogen-bond donors (Lipinski definition) is 2. The Balaban J connectivity index is 0. The summed E-state index contributed by atoms with van der Waals surface area (Å²) in [6, 6.07) is -0.690. The number of carboxylic acids is 1. The zero-order valence-electron chi connectivity index (χ0n) is 19.8. The summed E-state index contributed by atoms with van der Waals surface area (Å²) in [5.41, 5.74) is 5.22. The Bertz CT molecular complexity index is 295. The zero-order chi connectivity index (χ0) is 21.5. The minimum atomic E-state index is -0.913. The first-order valence-electron chi connectivity index (χ1n) is 12.4. The molecule has 0 saturated heterocycles. The molecule has 0 aromatic heterocycles. The number of carbonyl (C=O) groups is 1. The Labute approximate surface area is 194 Å². The van der Waals surface area contributed by atoms with E-state index in [0.717, 1.165) is 0 Å². The summed E-state index contributed by atoms with van der Waals surface area (Å²) in [7, 11) is 0. The Morgan fingerprint density at radius 2 is 1.07 bits per heavy atom. The van der Waals surface area contributed by atoms with Crippen LogP contribution in [0.1, 0.15) is 130 Å². The molecule has 0 aliphatic rings. The molecule has 28 heavy (non-hydrogen) atoms. The number of nitrogens with two attached hydrogens (primary N) is 1. The SMILES string of the molecule is CC(C)CC(N)C(=O)O.CCCCCCCCCCCCCCCCC[CH2][Na]. The molecule has 0 amide bonds. The molecule has 0 bridgehead atoms. The average molecular weight is 408 g/mol. The second-order valence-electron chi connectivity index (χ2n) is 8.88. The monoisotopic (exact) mass is 407 g/mol. The van der Waals surface area contributed by atoms with E-state index in [1.807, 2.05) is 13.8 Å². The minimum absolute atomic E-state index is 0.357. The molecular weight excluding hydrogens is 357 g/mol. The summed E-state index contributed by atoms with van der Waals surface area (Å²) < 4.78 is 1.51. The fourth-order valence-electron chi connectivity index (χ4n) is 3.41. The Hall–Kier alpha value is 0.430. The van der Waals surface area contributed by atoms with E-state index in [2.05, 4.69) is 6.92 Å². The fraction of sp³-hybridized carbons (Fsp3) is 0.958. The molecule has 0 aliphatic carbocycles. The number of unbranched alkanes of at least 4 members (excludes halogenated alkanes) is 15. The Kier molecular flexibility index (Phi) is 27.9. The van der Waals surface area contributed by atoms with Crippen LogP contribution < -0.4 is 5.73 Å². The van der Waals surface area contributed by atoms with Gasteiger partial charge in [-0.3, -0.25) is 4.79 Å². The predicted molar refractivity (Wildman–Crippen MR) is 125 cm³/mol. The molecule has 1 atom stereocenters. The van der Waals surface area contributed by atoms with Gasteiger partial charge in [-0.25, -0.2) is 0 Å². The molecule has 0 aromatic rings. The van der Waals surface area contributed by atoms with Crippen molar-refractivity contribution in [2.24, 2.45) is 11.7 Å². The molecule has 3 nitrogen and oxygen atoms in total.